The lowest BCUT2D eigenvalue weighted by atomic mass is 10.1. The molecule has 0 aromatic heterocycles. The molecular weight excluding hydrogens is 262 g/mol. The summed E-state index contributed by atoms with van der Waals surface area (Å²) in [5, 5.41) is 0. The van der Waals surface area contributed by atoms with Crippen LogP contribution in [0.5, 0.6) is 0 Å². The van der Waals surface area contributed by atoms with Crippen molar-refractivity contribution in [1.29, 1.82) is 0 Å². The van der Waals surface area contributed by atoms with Crippen LogP contribution in [0.1, 0.15) is 39.0 Å². The summed E-state index contributed by atoms with van der Waals surface area (Å²) in [6, 6.07) is 0. The molecule has 0 aromatic rings. The van der Waals surface area contributed by atoms with Gasteiger partial charge in [-0.3, -0.25) is 4.79 Å². The number of aliphatic imine (C=N–C) groups is 1. The van der Waals surface area contributed by atoms with Crippen LogP contribution in [0.25, 0.3) is 0 Å². The fraction of sp³-hybridized carbons (Fsp3) is 0.643. The van der Waals surface area contributed by atoms with Crippen LogP contribution in [0.2, 0.25) is 0 Å². The minimum Gasteiger partial charge on any atom is -0.462 e. The number of carbonyl (C=O) groups is 2. The van der Waals surface area contributed by atoms with E-state index in [-0.39, 0.29) is 19.2 Å². The molecule has 0 N–H and O–H groups in total. The molecule has 0 radical (unpaired) electrons. The smallest absolute Gasteiger partial charge is 0.333 e. The summed E-state index contributed by atoms with van der Waals surface area (Å²) in [7, 11) is 0. The molecule has 0 spiro atoms. The maximum atomic E-state index is 11.3. The molecule has 0 saturated carbocycles. The third-order valence-corrected chi connectivity index (χ3v) is 2.39. The molecule has 0 heterocycles. The van der Waals surface area contributed by atoms with Crippen LogP contribution < -0.4 is 0 Å². The second-order valence-corrected chi connectivity index (χ2v) is 4.27. The highest BCUT2D eigenvalue weighted by Gasteiger charge is 2.05. The topological polar surface area (TPSA) is 82.0 Å². The van der Waals surface area contributed by atoms with E-state index < -0.39 is 5.97 Å². The van der Waals surface area contributed by atoms with Crippen LogP contribution in [0, 0.1) is 0 Å². The Labute approximate surface area is 118 Å². The van der Waals surface area contributed by atoms with Gasteiger partial charge >= 0.3 is 11.9 Å². The summed E-state index contributed by atoms with van der Waals surface area (Å²) < 4.78 is 9.68. The first-order valence-electron chi connectivity index (χ1n) is 6.59. The first-order valence-corrected chi connectivity index (χ1v) is 6.59. The molecule has 0 atom stereocenters. The highest BCUT2D eigenvalue weighted by atomic mass is 16.6. The first-order chi connectivity index (χ1) is 9.57. The fourth-order valence-electron chi connectivity index (χ4n) is 1.34. The van der Waals surface area contributed by atoms with Crippen molar-refractivity contribution in [3.05, 3.63) is 12.2 Å². The van der Waals surface area contributed by atoms with Gasteiger partial charge in [0.2, 0.25) is 6.08 Å². The molecule has 0 rings (SSSR count). The monoisotopic (exact) mass is 283 g/mol. The molecule has 0 amide bonds. The van der Waals surface area contributed by atoms with Gasteiger partial charge in [0.25, 0.3) is 0 Å². The van der Waals surface area contributed by atoms with Crippen molar-refractivity contribution >= 4 is 18.0 Å². The van der Waals surface area contributed by atoms with Crippen molar-refractivity contribution in [2.24, 2.45) is 4.99 Å². The number of hydrogen-bond donors (Lipinski definition) is 0. The van der Waals surface area contributed by atoms with Crippen LogP contribution >= 0.6 is 0 Å². The zero-order valence-electron chi connectivity index (χ0n) is 11.9. The number of esters is 2. The Morgan fingerprint density at radius 1 is 1.10 bits per heavy atom. The first kappa shape index (κ1) is 18.1. The van der Waals surface area contributed by atoms with E-state index in [2.05, 4.69) is 11.6 Å². The van der Waals surface area contributed by atoms with Crippen LogP contribution in [0.3, 0.4) is 0 Å². The standard InChI is InChI=1S/C14H21NO5/c1-12(2)14(18)20-10-9-19-13(17)7-5-3-4-6-8-15-11-16/h1,3-10H2,2H3. The van der Waals surface area contributed by atoms with Crippen molar-refractivity contribution in [1.82, 2.24) is 0 Å². The van der Waals surface area contributed by atoms with Gasteiger partial charge in [-0.1, -0.05) is 19.4 Å². The summed E-state index contributed by atoms with van der Waals surface area (Å²) >= 11 is 0. The Kier molecular flexibility index (Phi) is 10.9. The molecule has 112 valence electrons. The predicted octanol–water partition coefficient (Wildman–Crippen LogP) is 1.94. The summed E-state index contributed by atoms with van der Waals surface area (Å²) in [5.74, 6) is -0.790. The second kappa shape index (κ2) is 12.1. The van der Waals surface area contributed by atoms with E-state index in [9.17, 15) is 14.4 Å². The van der Waals surface area contributed by atoms with Crippen molar-refractivity contribution in [3.63, 3.8) is 0 Å². The molecule has 6 nitrogen and oxygen atoms in total. The van der Waals surface area contributed by atoms with Crippen molar-refractivity contribution in [2.75, 3.05) is 19.8 Å². The molecule has 0 bridgehead atoms. The van der Waals surface area contributed by atoms with Crippen LogP contribution in [0.15, 0.2) is 17.1 Å². The van der Waals surface area contributed by atoms with Crippen LogP contribution in [-0.4, -0.2) is 37.8 Å². The van der Waals surface area contributed by atoms with Gasteiger partial charge in [0.15, 0.2) is 0 Å². The van der Waals surface area contributed by atoms with Gasteiger partial charge in [0.05, 0.1) is 6.54 Å². The van der Waals surface area contributed by atoms with Gasteiger partial charge in [0, 0.05) is 12.0 Å². The maximum absolute atomic E-state index is 11.3. The molecule has 0 fully saturated rings. The normalized spacial score (nSPS) is 9.45. The Balaban J connectivity index is 3.39. The number of isocyanates is 1. The Bertz CT molecular complexity index is 372. The number of rotatable bonds is 11. The minimum atomic E-state index is -0.487. The fourth-order valence-corrected chi connectivity index (χ4v) is 1.34. The summed E-state index contributed by atoms with van der Waals surface area (Å²) in [4.78, 5) is 35.6. The number of ether oxygens (including phenoxy) is 2. The molecule has 0 aliphatic carbocycles. The number of nitrogens with zero attached hydrogens (tertiary/aromatic N) is 1. The lowest BCUT2D eigenvalue weighted by Gasteiger charge is -2.06. The van der Waals surface area contributed by atoms with Gasteiger partial charge in [-0.15, -0.1) is 0 Å². The molecule has 20 heavy (non-hydrogen) atoms. The second-order valence-electron chi connectivity index (χ2n) is 4.27. The Morgan fingerprint density at radius 2 is 1.75 bits per heavy atom. The van der Waals surface area contributed by atoms with Crippen molar-refractivity contribution < 1.29 is 23.9 Å². The number of hydrogen-bond acceptors (Lipinski definition) is 6. The quantitative estimate of drug-likeness (QED) is 0.190. The van der Waals surface area contributed by atoms with E-state index in [0.29, 0.717) is 18.5 Å². The van der Waals surface area contributed by atoms with E-state index in [0.717, 1.165) is 25.7 Å². The minimum absolute atomic E-state index is 0.0428. The zero-order valence-corrected chi connectivity index (χ0v) is 11.9. The van der Waals surface area contributed by atoms with Crippen LogP contribution in [0.4, 0.5) is 0 Å². The molecule has 0 saturated heterocycles. The average Bonchev–Trinajstić information content (AvgIpc) is 2.42. The van der Waals surface area contributed by atoms with Gasteiger partial charge < -0.3 is 9.47 Å². The number of unbranched alkanes of at least 4 members (excludes halogenated alkanes) is 3. The summed E-state index contributed by atoms with van der Waals surface area (Å²) in [6.45, 7) is 5.58. The molecule has 0 aromatic carbocycles. The largest absolute Gasteiger partial charge is 0.462 e. The highest BCUT2D eigenvalue weighted by Crippen LogP contribution is 2.04. The lowest BCUT2D eigenvalue weighted by molar-refractivity contribution is -0.150. The van der Waals surface area contributed by atoms with Gasteiger partial charge in [0.1, 0.15) is 13.2 Å². The highest BCUT2D eigenvalue weighted by molar-refractivity contribution is 5.86. The van der Waals surface area contributed by atoms with Gasteiger partial charge in [-0.25, -0.2) is 14.6 Å². The van der Waals surface area contributed by atoms with E-state index in [1.807, 2.05) is 0 Å². The van der Waals surface area contributed by atoms with E-state index in [4.69, 9.17) is 9.47 Å². The third-order valence-electron chi connectivity index (χ3n) is 2.39. The molecule has 0 unspecified atom stereocenters. The molecular formula is C14H21NO5. The van der Waals surface area contributed by atoms with Gasteiger partial charge in [-0.2, -0.15) is 0 Å². The van der Waals surface area contributed by atoms with Crippen molar-refractivity contribution in [2.45, 2.75) is 39.0 Å². The van der Waals surface area contributed by atoms with Crippen LogP contribution in [-0.2, 0) is 23.9 Å². The Morgan fingerprint density at radius 3 is 2.40 bits per heavy atom. The van der Waals surface area contributed by atoms with Gasteiger partial charge in [-0.05, 0) is 19.8 Å². The predicted molar refractivity (Wildman–Crippen MR) is 72.8 cm³/mol. The molecule has 0 aliphatic rings. The van der Waals surface area contributed by atoms with Crippen molar-refractivity contribution in [3.8, 4) is 0 Å². The maximum Gasteiger partial charge on any atom is 0.333 e. The summed E-state index contributed by atoms with van der Waals surface area (Å²) in [5.41, 5.74) is 0.315. The third kappa shape index (κ3) is 11.2. The summed E-state index contributed by atoms with van der Waals surface area (Å²) in [6.07, 6.45) is 5.16. The van der Waals surface area contributed by atoms with E-state index >= 15 is 0 Å². The lowest BCUT2D eigenvalue weighted by Crippen LogP contribution is -2.14. The molecule has 0 aliphatic heterocycles. The average molecular weight is 283 g/mol. The van der Waals surface area contributed by atoms with E-state index in [1.54, 1.807) is 6.92 Å². The SMILES string of the molecule is C=C(C)C(=O)OCCOC(=O)CCCCCCN=C=O. The zero-order chi connectivity index (χ0) is 15.2. The Hall–Kier alpha value is -1.94. The molecule has 6 heteroatoms. The van der Waals surface area contributed by atoms with E-state index in [1.165, 1.54) is 6.08 Å². The number of carbonyl (C=O) groups excluding carboxylic acids is 3.